The predicted molar refractivity (Wildman–Crippen MR) is 128 cm³/mol. The molecule has 0 aliphatic rings. The fourth-order valence-corrected chi connectivity index (χ4v) is 4.45. The Morgan fingerprint density at radius 1 is 0.909 bits per heavy atom. The van der Waals surface area contributed by atoms with Crippen LogP contribution in [0.5, 0.6) is 0 Å². The molecule has 0 spiro atoms. The van der Waals surface area contributed by atoms with Crippen LogP contribution in [0.25, 0.3) is 21.7 Å². The number of ether oxygens (including phenoxy) is 1. The van der Waals surface area contributed by atoms with Gasteiger partial charge in [0.25, 0.3) is 5.56 Å². The molecule has 2 heterocycles. The van der Waals surface area contributed by atoms with Crippen LogP contribution in [0.15, 0.2) is 89.9 Å². The first-order chi connectivity index (χ1) is 16.1. The topological polar surface area (TPSA) is 66.1 Å². The van der Waals surface area contributed by atoms with Gasteiger partial charge in [0.2, 0.25) is 0 Å². The SMILES string of the molecule is COC(=O)C(c1ccccc1)n1nc(Cc2cn(C)c3ccccc23)c2ccccc2c1=O. The van der Waals surface area contributed by atoms with Gasteiger partial charge in [0.15, 0.2) is 6.04 Å². The highest BCUT2D eigenvalue weighted by atomic mass is 16.5. The van der Waals surface area contributed by atoms with Crippen molar-refractivity contribution in [3.05, 3.63) is 112 Å². The van der Waals surface area contributed by atoms with E-state index >= 15 is 0 Å². The van der Waals surface area contributed by atoms with Crippen molar-refractivity contribution in [2.24, 2.45) is 7.05 Å². The summed E-state index contributed by atoms with van der Waals surface area (Å²) >= 11 is 0. The van der Waals surface area contributed by atoms with Crippen LogP contribution in [0.1, 0.15) is 22.9 Å². The maximum atomic E-state index is 13.5. The van der Waals surface area contributed by atoms with Crippen LogP contribution in [0.3, 0.4) is 0 Å². The average Bonchev–Trinajstić information content (AvgIpc) is 3.17. The summed E-state index contributed by atoms with van der Waals surface area (Å²) < 4.78 is 8.42. The van der Waals surface area contributed by atoms with E-state index in [0.717, 1.165) is 27.5 Å². The van der Waals surface area contributed by atoms with Gasteiger partial charge in [-0.05, 0) is 23.3 Å². The Hall–Kier alpha value is -4.19. The van der Waals surface area contributed by atoms with Gasteiger partial charge in [-0.3, -0.25) is 4.79 Å². The lowest BCUT2D eigenvalue weighted by Crippen LogP contribution is -2.34. The van der Waals surface area contributed by atoms with Crippen molar-refractivity contribution >= 4 is 27.6 Å². The predicted octanol–water partition coefficient (Wildman–Crippen LogP) is 4.24. The van der Waals surface area contributed by atoms with E-state index < -0.39 is 12.0 Å². The molecule has 0 bridgehead atoms. The van der Waals surface area contributed by atoms with Gasteiger partial charge >= 0.3 is 5.97 Å². The molecule has 6 heteroatoms. The second-order valence-corrected chi connectivity index (χ2v) is 8.04. The van der Waals surface area contributed by atoms with Crippen LogP contribution in [0, 0.1) is 0 Å². The van der Waals surface area contributed by atoms with Crippen molar-refractivity contribution in [2.45, 2.75) is 12.5 Å². The van der Waals surface area contributed by atoms with Gasteiger partial charge < -0.3 is 9.30 Å². The Morgan fingerprint density at radius 2 is 1.55 bits per heavy atom. The Labute approximate surface area is 190 Å². The second-order valence-electron chi connectivity index (χ2n) is 8.04. The molecule has 33 heavy (non-hydrogen) atoms. The summed E-state index contributed by atoms with van der Waals surface area (Å²) in [6.45, 7) is 0. The number of carbonyl (C=O) groups excluding carboxylic acids is 1. The molecule has 5 aromatic rings. The Morgan fingerprint density at radius 3 is 2.27 bits per heavy atom. The van der Waals surface area contributed by atoms with Crippen molar-refractivity contribution in [1.82, 2.24) is 14.3 Å². The number of fused-ring (bicyclic) bond motifs is 2. The molecule has 0 aliphatic heterocycles. The lowest BCUT2D eigenvalue weighted by molar-refractivity contribution is -0.143. The first-order valence-corrected chi connectivity index (χ1v) is 10.7. The van der Waals surface area contributed by atoms with Crippen molar-refractivity contribution in [2.75, 3.05) is 7.11 Å². The number of carbonyl (C=O) groups is 1. The number of rotatable bonds is 5. The second kappa shape index (κ2) is 8.39. The van der Waals surface area contributed by atoms with E-state index in [-0.39, 0.29) is 5.56 Å². The van der Waals surface area contributed by atoms with Gasteiger partial charge in [0.05, 0.1) is 18.2 Å². The maximum absolute atomic E-state index is 13.5. The number of aromatic nitrogens is 3. The minimum absolute atomic E-state index is 0.327. The highest BCUT2D eigenvalue weighted by Gasteiger charge is 2.27. The number of esters is 1. The minimum atomic E-state index is -0.973. The molecular weight excluding hydrogens is 414 g/mol. The standard InChI is InChI=1S/C27H23N3O3/c1-29-17-19(20-12-8-9-15-24(20)29)16-23-21-13-6-7-14-22(21)26(31)30(28-23)25(27(32)33-2)18-10-4-3-5-11-18/h3-15,17,25H,16H2,1-2H3. The van der Waals surface area contributed by atoms with Crippen LogP contribution < -0.4 is 5.56 Å². The largest absolute Gasteiger partial charge is 0.467 e. The van der Waals surface area contributed by atoms with Gasteiger partial charge in [-0.2, -0.15) is 5.10 Å². The zero-order valence-corrected chi connectivity index (χ0v) is 18.4. The van der Waals surface area contributed by atoms with E-state index in [1.165, 1.54) is 11.8 Å². The first kappa shape index (κ1) is 20.7. The number of para-hydroxylation sites is 1. The highest BCUT2D eigenvalue weighted by molar-refractivity contribution is 5.87. The van der Waals surface area contributed by atoms with Gasteiger partial charge in [-0.15, -0.1) is 0 Å². The van der Waals surface area contributed by atoms with E-state index in [2.05, 4.69) is 22.9 Å². The summed E-state index contributed by atoms with van der Waals surface area (Å²) in [6.07, 6.45) is 2.61. The summed E-state index contributed by atoms with van der Waals surface area (Å²) in [5, 5.41) is 7.19. The third kappa shape index (κ3) is 3.59. The number of hydrogen-bond acceptors (Lipinski definition) is 4. The molecule has 0 fully saturated rings. The minimum Gasteiger partial charge on any atom is -0.467 e. The van der Waals surface area contributed by atoms with Crippen LogP contribution in [0.4, 0.5) is 0 Å². The molecule has 164 valence electrons. The molecule has 3 aromatic carbocycles. The summed E-state index contributed by atoms with van der Waals surface area (Å²) in [6, 6.07) is 23.7. The van der Waals surface area contributed by atoms with Gasteiger partial charge in [-0.25, -0.2) is 9.48 Å². The molecule has 0 aliphatic carbocycles. The third-order valence-electron chi connectivity index (χ3n) is 6.03. The van der Waals surface area contributed by atoms with Crippen LogP contribution >= 0.6 is 0 Å². The summed E-state index contributed by atoms with van der Waals surface area (Å²) in [5.74, 6) is -0.540. The first-order valence-electron chi connectivity index (χ1n) is 10.7. The summed E-state index contributed by atoms with van der Waals surface area (Å²) in [4.78, 5) is 26.3. The van der Waals surface area contributed by atoms with Crippen molar-refractivity contribution in [3.8, 4) is 0 Å². The van der Waals surface area contributed by atoms with Gasteiger partial charge in [0, 0.05) is 36.0 Å². The number of benzene rings is 3. The molecule has 0 saturated heterocycles. The number of aryl methyl sites for hydroxylation is 1. The lowest BCUT2D eigenvalue weighted by Gasteiger charge is -2.19. The Kier molecular flexibility index (Phi) is 5.26. The van der Waals surface area contributed by atoms with E-state index in [1.807, 2.05) is 55.6 Å². The molecule has 0 radical (unpaired) electrons. The van der Waals surface area contributed by atoms with Crippen LogP contribution in [0.2, 0.25) is 0 Å². The molecule has 6 nitrogen and oxygen atoms in total. The monoisotopic (exact) mass is 437 g/mol. The Bertz CT molecular complexity index is 1530. The number of hydrogen-bond donors (Lipinski definition) is 0. The van der Waals surface area contributed by atoms with Crippen LogP contribution in [-0.4, -0.2) is 27.4 Å². The van der Waals surface area contributed by atoms with E-state index in [0.29, 0.717) is 17.4 Å². The fourth-order valence-electron chi connectivity index (χ4n) is 4.45. The molecule has 1 atom stereocenters. The van der Waals surface area contributed by atoms with Crippen molar-refractivity contribution < 1.29 is 9.53 Å². The zero-order valence-electron chi connectivity index (χ0n) is 18.4. The van der Waals surface area contributed by atoms with Gasteiger partial charge in [0.1, 0.15) is 0 Å². The molecule has 0 amide bonds. The van der Waals surface area contributed by atoms with Crippen molar-refractivity contribution in [1.29, 1.82) is 0 Å². The summed E-state index contributed by atoms with van der Waals surface area (Å²) in [7, 11) is 3.34. The smallest absolute Gasteiger partial charge is 0.335 e. The molecule has 0 saturated carbocycles. The summed E-state index contributed by atoms with van der Waals surface area (Å²) in [5.41, 5.74) is 3.27. The fraction of sp³-hybridized carbons (Fsp3) is 0.148. The number of methoxy groups -OCH3 is 1. The molecule has 2 aromatic heterocycles. The highest BCUT2D eigenvalue weighted by Crippen LogP contribution is 2.26. The molecular formula is C27H23N3O3. The van der Waals surface area contributed by atoms with Gasteiger partial charge in [-0.1, -0.05) is 66.7 Å². The quantitative estimate of drug-likeness (QED) is 0.386. The normalized spacial score (nSPS) is 12.2. The van der Waals surface area contributed by atoms with Crippen molar-refractivity contribution in [3.63, 3.8) is 0 Å². The number of nitrogens with zero attached hydrogens (tertiary/aromatic N) is 3. The van der Waals surface area contributed by atoms with E-state index in [1.54, 1.807) is 18.2 Å². The maximum Gasteiger partial charge on any atom is 0.335 e. The average molecular weight is 437 g/mol. The third-order valence-corrected chi connectivity index (χ3v) is 6.03. The lowest BCUT2D eigenvalue weighted by atomic mass is 10.0. The van der Waals surface area contributed by atoms with Crippen LogP contribution in [-0.2, 0) is 23.0 Å². The zero-order chi connectivity index (χ0) is 22.9. The van der Waals surface area contributed by atoms with E-state index in [4.69, 9.17) is 9.84 Å². The molecule has 1 unspecified atom stereocenters. The molecule has 5 rings (SSSR count). The van der Waals surface area contributed by atoms with E-state index in [9.17, 15) is 9.59 Å². The Balaban J connectivity index is 1.74. The molecule has 0 N–H and O–H groups in total.